The first kappa shape index (κ1) is 47.8. The molecule has 62 heavy (non-hydrogen) atoms. The molecule has 2 heterocycles. The van der Waals surface area contributed by atoms with Gasteiger partial charge in [0.2, 0.25) is 10.0 Å². The number of nitrogens with one attached hydrogen (secondary N) is 1. The topological polar surface area (TPSA) is 185 Å². The summed E-state index contributed by atoms with van der Waals surface area (Å²) in [6.07, 6.45) is -2.29. The fourth-order valence-corrected chi connectivity index (χ4v) is 7.81. The number of halogens is 7. The Labute approximate surface area is 361 Å². The molecule has 2 aliphatic rings. The molecular weight excluding hydrogens is 896 g/mol. The molecule has 1 saturated carbocycles. The van der Waals surface area contributed by atoms with Gasteiger partial charge in [0.1, 0.15) is 28.3 Å². The van der Waals surface area contributed by atoms with Gasteiger partial charge in [-0.1, -0.05) is 65.7 Å². The van der Waals surface area contributed by atoms with Crippen molar-refractivity contribution < 1.29 is 73.5 Å². The summed E-state index contributed by atoms with van der Waals surface area (Å²) in [5, 5.41) is 19.0. The number of benzene rings is 3. The average molecular weight is 935 g/mol. The number of hydrogen-bond acceptors (Lipinski definition) is 11. The van der Waals surface area contributed by atoms with Gasteiger partial charge in [-0.25, -0.2) is 22.8 Å². The minimum Gasteiger partial charge on any atom is -0.619 e. The number of carboxylic acids is 1. The van der Waals surface area contributed by atoms with E-state index in [0.717, 1.165) is 37.8 Å². The summed E-state index contributed by atoms with van der Waals surface area (Å²) in [4.78, 5) is 37.8. The standard InChI is InChI=1S/C38H37Cl2F2N3O9S.C2HF3O2/c1-44-15-14-27(19-44)52-37(47)35(24-6-3-2-4-7-24)43-55(49,50)28-9-5-8-26(16-28)36(46)53-33(18-29-30(39)20-45(48)21-31(29)40)25-12-13-32(54-38(41)42)34(17-25)51-22-23-10-11-23;3-2(4,5)1(6)7/h2-9,12-13,16-17,20-21,23,27,33,35,38,43H,10-11,14-15,18-19,22H2,1H3;(H,6,7)/t27?,33-,35?;/m0./s1. The van der Waals surface area contributed by atoms with E-state index in [9.17, 15) is 45.2 Å². The summed E-state index contributed by atoms with van der Waals surface area (Å²) in [5.74, 6) is -4.49. The molecule has 0 amide bonds. The Kier molecular flexibility index (Phi) is 16.0. The van der Waals surface area contributed by atoms with Crippen molar-refractivity contribution in [3.05, 3.63) is 123 Å². The van der Waals surface area contributed by atoms with Crippen LogP contribution < -0.4 is 18.9 Å². The quantitative estimate of drug-likeness (QED) is 0.0506. The molecule has 3 atom stereocenters. The lowest BCUT2D eigenvalue weighted by Crippen LogP contribution is -2.37. The van der Waals surface area contributed by atoms with Crippen LogP contribution in [0.5, 0.6) is 11.5 Å². The largest absolute Gasteiger partial charge is 0.619 e. The number of carboxylic acid groups (broad SMARTS) is 1. The molecule has 0 spiro atoms. The van der Waals surface area contributed by atoms with Gasteiger partial charge in [-0.05, 0) is 73.7 Å². The maximum atomic E-state index is 13.8. The van der Waals surface area contributed by atoms with Gasteiger partial charge in [0.05, 0.1) is 17.1 Å². The molecule has 2 fully saturated rings. The van der Waals surface area contributed by atoms with Gasteiger partial charge in [0, 0.05) is 25.1 Å². The molecule has 14 nitrogen and oxygen atoms in total. The molecule has 1 aliphatic heterocycles. The second-order valence-electron chi connectivity index (χ2n) is 14.1. The summed E-state index contributed by atoms with van der Waals surface area (Å²) in [6, 6.07) is 15.9. The Balaban J connectivity index is 0.000000955. The zero-order valence-electron chi connectivity index (χ0n) is 32.4. The molecule has 6 rings (SSSR count). The third-order valence-electron chi connectivity index (χ3n) is 9.32. The Morgan fingerprint density at radius 3 is 2.19 bits per heavy atom. The summed E-state index contributed by atoms with van der Waals surface area (Å²) in [6.45, 7) is -1.65. The van der Waals surface area contributed by atoms with Gasteiger partial charge < -0.3 is 34.2 Å². The first-order valence-electron chi connectivity index (χ1n) is 18.6. The molecule has 1 aromatic heterocycles. The number of carbonyl (C=O) groups excluding carboxylic acids is 2. The average Bonchev–Trinajstić information content (AvgIpc) is 3.95. The van der Waals surface area contributed by atoms with Crippen LogP contribution in [0.2, 0.25) is 10.0 Å². The van der Waals surface area contributed by atoms with Crippen molar-refractivity contribution in [2.75, 3.05) is 26.7 Å². The smallest absolute Gasteiger partial charge is 0.490 e. The molecule has 2 unspecified atom stereocenters. The van der Waals surface area contributed by atoms with Gasteiger partial charge in [0.15, 0.2) is 23.9 Å². The Morgan fingerprint density at radius 1 is 0.952 bits per heavy atom. The molecule has 334 valence electrons. The van der Waals surface area contributed by atoms with Crippen LogP contribution >= 0.6 is 23.2 Å². The Morgan fingerprint density at radius 2 is 1.61 bits per heavy atom. The number of alkyl halides is 5. The van der Waals surface area contributed by atoms with Crippen LogP contribution in [0.15, 0.2) is 90.1 Å². The number of carbonyl (C=O) groups is 3. The van der Waals surface area contributed by atoms with Gasteiger partial charge >= 0.3 is 30.7 Å². The fourth-order valence-electron chi connectivity index (χ4n) is 5.99. The Hall–Kier alpha value is -5.28. The molecular formula is C40H38Cl2F5N3O11S. The van der Waals surface area contributed by atoms with E-state index >= 15 is 0 Å². The van der Waals surface area contributed by atoms with E-state index in [1.54, 1.807) is 30.3 Å². The van der Waals surface area contributed by atoms with Crippen LogP contribution in [-0.4, -0.2) is 82.0 Å². The summed E-state index contributed by atoms with van der Waals surface area (Å²) in [7, 11) is -2.56. The van der Waals surface area contributed by atoms with Crippen molar-refractivity contribution in [2.24, 2.45) is 5.92 Å². The maximum absolute atomic E-state index is 13.8. The minimum atomic E-state index is -5.08. The molecule has 2 N–H and O–H groups in total. The number of rotatable bonds is 16. The number of ether oxygens (including phenoxy) is 4. The monoisotopic (exact) mass is 933 g/mol. The number of esters is 2. The number of aromatic nitrogens is 1. The molecule has 4 aromatic rings. The lowest BCUT2D eigenvalue weighted by molar-refractivity contribution is -0.605. The normalized spacial score (nSPS) is 16.4. The van der Waals surface area contributed by atoms with Gasteiger partial charge in [-0.2, -0.15) is 31.4 Å². The van der Waals surface area contributed by atoms with Crippen molar-refractivity contribution in [3.8, 4) is 11.5 Å². The third kappa shape index (κ3) is 13.6. The van der Waals surface area contributed by atoms with Crippen LogP contribution in [0.1, 0.15) is 58.5 Å². The van der Waals surface area contributed by atoms with Crippen molar-refractivity contribution in [1.82, 2.24) is 9.62 Å². The fraction of sp³-hybridized carbons (Fsp3) is 0.350. The van der Waals surface area contributed by atoms with E-state index in [0.29, 0.717) is 23.3 Å². The van der Waals surface area contributed by atoms with E-state index in [4.69, 9.17) is 47.3 Å². The number of sulfonamides is 1. The summed E-state index contributed by atoms with van der Waals surface area (Å²) >= 11 is 12.8. The number of likely N-dealkylation sites (N-methyl/N-ethyl adjacent to an activating group) is 1. The first-order chi connectivity index (χ1) is 29.2. The number of nitrogens with zero attached hydrogens (tertiary/aromatic N) is 2. The molecule has 22 heteroatoms. The van der Waals surface area contributed by atoms with Crippen LogP contribution in [0.3, 0.4) is 0 Å². The lowest BCUT2D eigenvalue weighted by atomic mass is 10.0. The zero-order valence-corrected chi connectivity index (χ0v) is 34.7. The molecule has 1 aliphatic carbocycles. The molecule has 0 bridgehead atoms. The number of hydrogen-bond donors (Lipinski definition) is 2. The van der Waals surface area contributed by atoms with Crippen molar-refractivity contribution in [3.63, 3.8) is 0 Å². The first-order valence-corrected chi connectivity index (χ1v) is 20.8. The van der Waals surface area contributed by atoms with E-state index in [1.165, 1.54) is 36.4 Å². The molecule has 1 saturated heterocycles. The van der Waals surface area contributed by atoms with Gasteiger partial charge in [0.25, 0.3) is 0 Å². The predicted octanol–water partition coefficient (Wildman–Crippen LogP) is 7.06. The SMILES string of the molecule is CN1CCC(OC(=O)C(NS(=O)(=O)c2cccc(C(=O)O[C@@H](Cc3c(Cl)c[n+]([O-])cc3Cl)c3ccc(OC(F)F)c(OCC4CC4)c3)c2)c2ccccc2)C1.O=C(O)C(F)(F)F. The second-order valence-corrected chi connectivity index (χ2v) is 16.7. The number of aliphatic carboxylic acids is 1. The van der Waals surface area contributed by atoms with Crippen molar-refractivity contribution >= 4 is 51.1 Å². The van der Waals surface area contributed by atoms with Crippen LogP contribution in [0.25, 0.3) is 0 Å². The summed E-state index contributed by atoms with van der Waals surface area (Å²) < 4.78 is 111. The highest BCUT2D eigenvalue weighted by Crippen LogP contribution is 2.38. The number of likely N-dealkylation sites (tertiary alicyclic amines) is 1. The van der Waals surface area contributed by atoms with E-state index in [2.05, 4.69) is 9.46 Å². The molecule has 3 aromatic carbocycles. The minimum absolute atomic E-state index is 0.0148. The van der Waals surface area contributed by atoms with Crippen LogP contribution in [0.4, 0.5) is 22.0 Å². The van der Waals surface area contributed by atoms with Gasteiger partial charge in [-0.3, -0.25) is 0 Å². The number of pyridine rings is 1. The molecule has 0 radical (unpaired) electrons. The second kappa shape index (κ2) is 20.7. The summed E-state index contributed by atoms with van der Waals surface area (Å²) in [5.41, 5.74) is 0.693. The van der Waals surface area contributed by atoms with E-state index in [-0.39, 0.29) is 62.1 Å². The zero-order chi connectivity index (χ0) is 45.4. The highest BCUT2D eigenvalue weighted by Gasteiger charge is 2.38. The Bertz CT molecular complexity index is 2320. The predicted molar refractivity (Wildman–Crippen MR) is 210 cm³/mol. The highest BCUT2D eigenvalue weighted by atomic mass is 35.5. The maximum Gasteiger partial charge on any atom is 0.490 e. The highest BCUT2D eigenvalue weighted by molar-refractivity contribution is 7.89. The van der Waals surface area contributed by atoms with Crippen LogP contribution in [-0.2, 0) is 35.5 Å². The van der Waals surface area contributed by atoms with Crippen molar-refractivity contribution in [1.29, 1.82) is 0 Å². The van der Waals surface area contributed by atoms with E-state index in [1.807, 2.05) is 11.9 Å². The third-order valence-corrected chi connectivity index (χ3v) is 11.4. The van der Waals surface area contributed by atoms with Gasteiger partial charge in [-0.15, -0.1) is 0 Å². The van der Waals surface area contributed by atoms with Crippen molar-refractivity contribution in [2.45, 2.75) is 61.6 Å². The van der Waals surface area contributed by atoms with E-state index < -0.39 is 59.0 Å². The lowest BCUT2D eigenvalue weighted by Gasteiger charge is -2.22. The van der Waals surface area contributed by atoms with Crippen LogP contribution in [0, 0.1) is 11.1 Å².